The average molecular weight is 258 g/mol. The molecule has 20 heavy (non-hydrogen) atoms. The van der Waals surface area contributed by atoms with E-state index in [1.807, 2.05) is 42.5 Å². The topological polar surface area (TPSA) is 25.8 Å². The molecule has 2 heteroatoms. The summed E-state index contributed by atoms with van der Waals surface area (Å²) in [7, 11) is 0. The molecule has 0 radical (unpaired) electrons. The summed E-state index contributed by atoms with van der Waals surface area (Å²) >= 11 is 0. The van der Waals surface area contributed by atoms with Crippen LogP contribution in [0.5, 0.6) is 0 Å². The molecule has 0 unspecified atom stereocenters. The third kappa shape index (κ3) is 2.81. The van der Waals surface area contributed by atoms with Crippen LogP contribution in [0.15, 0.2) is 73.1 Å². The van der Waals surface area contributed by atoms with E-state index in [1.165, 1.54) is 5.56 Å². The molecule has 0 saturated heterocycles. The molecule has 96 valence electrons. The Labute approximate surface area is 118 Å². The number of rotatable bonds is 3. The molecule has 1 aromatic heterocycles. The monoisotopic (exact) mass is 258 g/mol. The third-order valence-electron chi connectivity index (χ3n) is 3.02. The number of hydrogen-bond acceptors (Lipinski definition) is 2. The van der Waals surface area contributed by atoms with Crippen LogP contribution in [0.25, 0.3) is 23.5 Å². The van der Waals surface area contributed by atoms with Gasteiger partial charge >= 0.3 is 0 Å². The van der Waals surface area contributed by atoms with Crippen LogP contribution in [0.3, 0.4) is 0 Å². The summed E-state index contributed by atoms with van der Waals surface area (Å²) in [4.78, 5) is 8.64. The summed E-state index contributed by atoms with van der Waals surface area (Å²) in [5.41, 5.74) is 3.33. The fourth-order valence-corrected chi connectivity index (χ4v) is 2.03. The van der Waals surface area contributed by atoms with Crippen molar-refractivity contribution in [1.29, 1.82) is 0 Å². The first-order valence-corrected chi connectivity index (χ1v) is 6.53. The summed E-state index contributed by atoms with van der Waals surface area (Å²) in [5.74, 6) is 0.751. The quantitative estimate of drug-likeness (QED) is 0.654. The van der Waals surface area contributed by atoms with E-state index in [1.54, 1.807) is 12.4 Å². The van der Waals surface area contributed by atoms with Crippen molar-refractivity contribution in [2.24, 2.45) is 0 Å². The van der Waals surface area contributed by atoms with Crippen LogP contribution in [0.4, 0.5) is 0 Å². The van der Waals surface area contributed by atoms with Gasteiger partial charge in [-0.05, 0) is 17.2 Å². The Morgan fingerprint density at radius 3 is 2.15 bits per heavy atom. The fourth-order valence-electron chi connectivity index (χ4n) is 2.03. The second-order valence-electron chi connectivity index (χ2n) is 4.40. The molecule has 2 aromatic carbocycles. The van der Waals surface area contributed by atoms with Gasteiger partial charge in [-0.25, -0.2) is 9.97 Å². The maximum atomic E-state index is 4.32. The molecular weight excluding hydrogens is 244 g/mol. The van der Waals surface area contributed by atoms with E-state index >= 15 is 0 Å². The van der Waals surface area contributed by atoms with Crippen LogP contribution in [-0.2, 0) is 0 Å². The Bertz CT molecular complexity index is 704. The summed E-state index contributed by atoms with van der Waals surface area (Å²) < 4.78 is 0. The number of aromatic nitrogens is 2. The zero-order valence-corrected chi connectivity index (χ0v) is 11.0. The smallest absolute Gasteiger partial charge is 0.159 e. The predicted molar refractivity (Wildman–Crippen MR) is 82.8 cm³/mol. The highest BCUT2D eigenvalue weighted by atomic mass is 14.8. The van der Waals surface area contributed by atoms with Gasteiger partial charge in [0.1, 0.15) is 0 Å². The second kappa shape index (κ2) is 5.93. The van der Waals surface area contributed by atoms with E-state index < -0.39 is 0 Å². The highest BCUT2D eigenvalue weighted by molar-refractivity contribution is 5.78. The first-order valence-electron chi connectivity index (χ1n) is 6.53. The standard InChI is InChI=1S/C18H14N2/c1-2-7-15(8-3-1)11-12-16-9-4-5-10-17(16)18-19-13-6-14-20-18/h1-14H. The predicted octanol–water partition coefficient (Wildman–Crippen LogP) is 4.31. The van der Waals surface area contributed by atoms with Gasteiger partial charge in [-0.3, -0.25) is 0 Å². The first-order chi connectivity index (χ1) is 9.93. The van der Waals surface area contributed by atoms with Gasteiger partial charge in [-0.15, -0.1) is 0 Å². The zero-order chi connectivity index (χ0) is 13.6. The Kier molecular flexibility index (Phi) is 3.65. The SMILES string of the molecule is C(=Cc1ccccc1-c1ncccn1)c1ccccc1. The number of hydrogen-bond donors (Lipinski definition) is 0. The van der Waals surface area contributed by atoms with Crippen molar-refractivity contribution in [2.75, 3.05) is 0 Å². The molecule has 0 N–H and O–H groups in total. The average Bonchev–Trinajstić information content (AvgIpc) is 2.55. The Hall–Kier alpha value is -2.74. The summed E-state index contributed by atoms with van der Waals surface area (Å²) in [6.45, 7) is 0. The van der Waals surface area contributed by atoms with Crippen LogP contribution in [0, 0.1) is 0 Å². The minimum absolute atomic E-state index is 0.751. The summed E-state index contributed by atoms with van der Waals surface area (Å²) in [6, 6.07) is 20.2. The fraction of sp³-hybridized carbons (Fsp3) is 0. The Morgan fingerprint density at radius 1 is 0.650 bits per heavy atom. The first kappa shape index (κ1) is 12.3. The highest BCUT2D eigenvalue weighted by Gasteiger charge is 2.03. The summed E-state index contributed by atoms with van der Waals surface area (Å²) in [5, 5.41) is 0. The van der Waals surface area contributed by atoms with Crippen molar-refractivity contribution in [1.82, 2.24) is 9.97 Å². The van der Waals surface area contributed by atoms with Gasteiger partial charge in [-0.2, -0.15) is 0 Å². The molecule has 0 spiro atoms. The molecule has 3 aromatic rings. The lowest BCUT2D eigenvalue weighted by atomic mass is 10.1. The van der Waals surface area contributed by atoms with Crippen molar-refractivity contribution in [2.45, 2.75) is 0 Å². The maximum Gasteiger partial charge on any atom is 0.159 e. The lowest BCUT2D eigenvalue weighted by molar-refractivity contribution is 1.17. The van der Waals surface area contributed by atoms with Gasteiger partial charge in [0.05, 0.1) is 0 Å². The number of nitrogens with zero attached hydrogens (tertiary/aromatic N) is 2. The molecule has 0 aliphatic rings. The highest BCUT2D eigenvalue weighted by Crippen LogP contribution is 2.21. The molecule has 0 aliphatic heterocycles. The molecule has 2 nitrogen and oxygen atoms in total. The minimum Gasteiger partial charge on any atom is -0.237 e. The van der Waals surface area contributed by atoms with E-state index in [9.17, 15) is 0 Å². The molecule has 3 rings (SSSR count). The van der Waals surface area contributed by atoms with E-state index in [0.29, 0.717) is 0 Å². The van der Waals surface area contributed by atoms with Gasteiger partial charge in [0.25, 0.3) is 0 Å². The van der Waals surface area contributed by atoms with E-state index in [0.717, 1.165) is 17.0 Å². The van der Waals surface area contributed by atoms with Crippen LogP contribution in [-0.4, -0.2) is 9.97 Å². The van der Waals surface area contributed by atoms with Crippen LogP contribution in [0.1, 0.15) is 11.1 Å². The Morgan fingerprint density at radius 2 is 1.35 bits per heavy atom. The Balaban J connectivity index is 1.97. The molecule has 0 bridgehead atoms. The largest absolute Gasteiger partial charge is 0.237 e. The van der Waals surface area contributed by atoms with Gasteiger partial charge in [0, 0.05) is 18.0 Å². The number of benzene rings is 2. The summed E-state index contributed by atoms with van der Waals surface area (Å²) in [6.07, 6.45) is 7.73. The normalized spacial score (nSPS) is 10.8. The van der Waals surface area contributed by atoms with E-state index in [-0.39, 0.29) is 0 Å². The van der Waals surface area contributed by atoms with Crippen LogP contribution < -0.4 is 0 Å². The molecule has 0 aliphatic carbocycles. The van der Waals surface area contributed by atoms with E-state index in [4.69, 9.17) is 0 Å². The van der Waals surface area contributed by atoms with Crippen molar-refractivity contribution in [3.05, 3.63) is 84.2 Å². The molecule has 0 amide bonds. The molecule has 0 saturated carbocycles. The minimum atomic E-state index is 0.751. The van der Waals surface area contributed by atoms with Crippen LogP contribution in [0.2, 0.25) is 0 Å². The van der Waals surface area contributed by atoms with Gasteiger partial charge in [-0.1, -0.05) is 66.7 Å². The van der Waals surface area contributed by atoms with Crippen molar-refractivity contribution >= 4 is 12.2 Å². The molecule has 0 fully saturated rings. The van der Waals surface area contributed by atoms with Gasteiger partial charge < -0.3 is 0 Å². The third-order valence-corrected chi connectivity index (χ3v) is 3.02. The second-order valence-corrected chi connectivity index (χ2v) is 4.40. The van der Waals surface area contributed by atoms with Crippen LogP contribution >= 0.6 is 0 Å². The molecule has 0 atom stereocenters. The van der Waals surface area contributed by atoms with Crippen molar-refractivity contribution in [3.63, 3.8) is 0 Å². The van der Waals surface area contributed by atoms with Gasteiger partial charge in [0.15, 0.2) is 5.82 Å². The molecule has 1 heterocycles. The van der Waals surface area contributed by atoms with Crippen molar-refractivity contribution in [3.8, 4) is 11.4 Å². The lowest BCUT2D eigenvalue weighted by Gasteiger charge is -2.04. The lowest BCUT2D eigenvalue weighted by Crippen LogP contribution is -1.89. The maximum absolute atomic E-state index is 4.32. The van der Waals surface area contributed by atoms with Gasteiger partial charge in [0.2, 0.25) is 0 Å². The molecular formula is C18H14N2. The van der Waals surface area contributed by atoms with E-state index in [2.05, 4.69) is 40.3 Å². The zero-order valence-electron chi connectivity index (χ0n) is 11.0. The van der Waals surface area contributed by atoms with Crippen molar-refractivity contribution < 1.29 is 0 Å².